The minimum absolute atomic E-state index is 0.597. The molecular weight excluding hydrogens is 304 g/mol. The summed E-state index contributed by atoms with van der Waals surface area (Å²) in [4.78, 5) is 2.38. The molecule has 0 amide bonds. The lowest BCUT2D eigenvalue weighted by Gasteiger charge is -2.33. The largest absolute Gasteiger partial charge is 0.381 e. The van der Waals surface area contributed by atoms with Gasteiger partial charge in [-0.3, -0.25) is 0 Å². The summed E-state index contributed by atoms with van der Waals surface area (Å²) in [6.45, 7) is 5.80. The summed E-state index contributed by atoms with van der Waals surface area (Å²) in [6.07, 6.45) is 2.24. The van der Waals surface area contributed by atoms with E-state index in [2.05, 4.69) is 58.3 Å². The Balaban J connectivity index is 2.05. The fourth-order valence-corrected chi connectivity index (χ4v) is 2.95. The Hall–Kier alpha value is -0.580. The lowest BCUT2D eigenvalue weighted by Crippen LogP contribution is -2.36. The van der Waals surface area contributed by atoms with Gasteiger partial charge in [-0.25, -0.2) is 0 Å². The predicted molar refractivity (Wildman–Crippen MR) is 83.8 cm³/mol. The molecule has 106 valence electrons. The summed E-state index contributed by atoms with van der Waals surface area (Å²) in [5.41, 5.74) is 2.59. The molecule has 1 aromatic carbocycles. The molecule has 1 aliphatic rings. The molecule has 0 unspecified atom stereocenters. The Morgan fingerprint density at radius 1 is 1.37 bits per heavy atom. The molecule has 19 heavy (non-hydrogen) atoms. The summed E-state index contributed by atoms with van der Waals surface area (Å²) < 4.78 is 6.61. The van der Waals surface area contributed by atoms with Gasteiger partial charge in [0.05, 0.1) is 0 Å². The molecule has 1 aliphatic heterocycles. The molecule has 0 saturated carbocycles. The Bertz CT molecular complexity index is 405. The quantitative estimate of drug-likeness (QED) is 0.899. The van der Waals surface area contributed by atoms with Crippen LogP contribution in [0.2, 0.25) is 0 Å². The van der Waals surface area contributed by atoms with E-state index in [0.717, 1.165) is 39.1 Å². The third-order valence-electron chi connectivity index (χ3n) is 3.75. The van der Waals surface area contributed by atoms with Gasteiger partial charge in [-0.15, -0.1) is 0 Å². The number of ether oxygens (including phenoxy) is 1. The molecular formula is C15H23BrN2O. The first-order valence-electron chi connectivity index (χ1n) is 7.02. The Kier molecular flexibility index (Phi) is 5.67. The molecule has 1 N–H and O–H groups in total. The Morgan fingerprint density at radius 3 is 2.74 bits per heavy atom. The Morgan fingerprint density at radius 2 is 2.11 bits per heavy atom. The number of hydrogen-bond donors (Lipinski definition) is 1. The van der Waals surface area contributed by atoms with Crippen molar-refractivity contribution in [1.29, 1.82) is 0 Å². The summed E-state index contributed by atoms with van der Waals surface area (Å²) in [5, 5.41) is 3.36. The third kappa shape index (κ3) is 3.94. The van der Waals surface area contributed by atoms with E-state index in [1.54, 1.807) is 0 Å². The van der Waals surface area contributed by atoms with Crippen LogP contribution in [0.5, 0.6) is 0 Å². The molecule has 0 aromatic heterocycles. The molecule has 2 rings (SSSR count). The van der Waals surface area contributed by atoms with Crippen molar-refractivity contribution in [3.05, 3.63) is 28.2 Å². The van der Waals surface area contributed by atoms with Gasteiger partial charge in [0.2, 0.25) is 0 Å². The maximum atomic E-state index is 5.43. The van der Waals surface area contributed by atoms with Crippen LogP contribution >= 0.6 is 15.9 Å². The highest BCUT2D eigenvalue weighted by Crippen LogP contribution is 2.26. The molecule has 0 atom stereocenters. The van der Waals surface area contributed by atoms with Crippen molar-refractivity contribution in [1.82, 2.24) is 5.32 Å². The SMILES string of the molecule is CCNCc1ccc(N(C)C2CCOCC2)cc1Br. The first kappa shape index (κ1) is 14.8. The van der Waals surface area contributed by atoms with E-state index in [1.165, 1.54) is 15.7 Å². The van der Waals surface area contributed by atoms with Crippen molar-refractivity contribution < 1.29 is 4.74 Å². The average Bonchev–Trinajstić information content (AvgIpc) is 2.46. The van der Waals surface area contributed by atoms with Gasteiger partial charge in [-0.2, -0.15) is 0 Å². The van der Waals surface area contributed by atoms with Crippen molar-refractivity contribution >= 4 is 21.6 Å². The van der Waals surface area contributed by atoms with Gasteiger partial charge in [-0.1, -0.05) is 28.9 Å². The van der Waals surface area contributed by atoms with Crippen LogP contribution in [0.1, 0.15) is 25.3 Å². The highest BCUT2D eigenvalue weighted by molar-refractivity contribution is 9.10. The molecule has 0 aliphatic carbocycles. The number of nitrogens with zero attached hydrogens (tertiary/aromatic N) is 1. The van der Waals surface area contributed by atoms with E-state index in [-0.39, 0.29) is 0 Å². The highest BCUT2D eigenvalue weighted by Gasteiger charge is 2.19. The fourth-order valence-electron chi connectivity index (χ4n) is 2.44. The van der Waals surface area contributed by atoms with Gasteiger partial charge in [0.15, 0.2) is 0 Å². The highest BCUT2D eigenvalue weighted by atomic mass is 79.9. The third-order valence-corrected chi connectivity index (χ3v) is 4.49. The van der Waals surface area contributed by atoms with Crippen LogP contribution in [0.15, 0.2) is 22.7 Å². The molecule has 4 heteroatoms. The van der Waals surface area contributed by atoms with Crippen LogP contribution in [0, 0.1) is 0 Å². The number of anilines is 1. The molecule has 1 saturated heterocycles. The van der Waals surface area contributed by atoms with Crippen LogP contribution < -0.4 is 10.2 Å². The van der Waals surface area contributed by atoms with Gasteiger partial charge >= 0.3 is 0 Å². The summed E-state index contributed by atoms with van der Waals surface area (Å²) >= 11 is 3.68. The number of halogens is 1. The zero-order valence-corrected chi connectivity index (χ0v) is 13.4. The molecule has 0 spiro atoms. The van der Waals surface area contributed by atoms with Gasteiger partial charge in [0, 0.05) is 43.0 Å². The van der Waals surface area contributed by atoms with Crippen molar-refractivity contribution in [2.75, 3.05) is 31.7 Å². The van der Waals surface area contributed by atoms with Crippen molar-refractivity contribution in [3.63, 3.8) is 0 Å². The minimum Gasteiger partial charge on any atom is -0.381 e. The first-order valence-corrected chi connectivity index (χ1v) is 7.81. The monoisotopic (exact) mass is 326 g/mol. The van der Waals surface area contributed by atoms with Crippen molar-refractivity contribution in [2.45, 2.75) is 32.4 Å². The van der Waals surface area contributed by atoms with Crippen LogP contribution in [0.25, 0.3) is 0 Å². The average molecular weight is 327 g/mol. The zero-order valence-electron chi connectivity index (χ0n) is 11.8. The standard InChI is InChI=1S/C15H23BrN2O/c1-3-17-11-12-4-5-14(10-15(12)16)18(2)13-6-8-19-9-7-13/h4-5,10,13,17H,3,6-9,11H2,1-2H3. The first-order chi connectivity index (χ1) is 9.22. The molecule has 1 fully saturated rings. The van der Waals surface area contributed by atoms with E-state index in [0.29, 0.717) is 6.04 Å². The topological polar surface area (TPSA) is 24.5 Å². The van der Waals surface area contributed by atoms with E-state index < -0.39 is 0 Å². The summed E-state index contributed by atoms with van der Waals surface area (Å²) in [6, 6.07) is 7.24. The van der Waals surface area contributed by atoms with E-state index >= 15 is 0 Å². The zero-order chi connectivity index (χ0) is 13.7. The molecule has 3 nitrogen and oxygen atoms in total. The van der Waals surface area contributed by atoms with Gasteiger partial charge in [0.1, 0.15) is 0 Å². The van der Waals surface area contributed by atoms with E-state index in [9.17, 15) is 0 Å². The fraction of sp³-hybridized carbons (Fsp3) is 0.600. The predicted octanol–water partition coefficient (Wildman–Crippen LogP) is 3.17. The molecule has 1 aromatic rings. The molecule has 1 heterocycles. The molecule has 0 bridgehead atoms. The lowest BCUT2D eigenvalue weighted by atomic mass is 10.1. The van der Waals surface area contributed by atoms with E-state index in [4.69, 9.17) is 4.74 Å². The van der Waals surface area contributed by atoms with Crippen molar-refractivity contribution in [2.24, 2.45) is 0 Å². The van der Waals surface area contributed by atoms with Crippen molar-refractivity contribution in [3.8, 4) is 0 Å². The molecule has 0 radical (unpaired) electrons. The number of benzene rings is 1. The number of nitrogens with one attached hydrogen (secondary N) is 1. The lowest BCUT2D eigenvalue weighted by molar-refractivity contribution is 0.0855. The van der Waals surface area contributed by atoms with Crippen LogP contribution in [-0.2, 0) is 11.3 Å². The number of hydrogen-bond acceptors (Lipinski definition) is 3. The van der Waals surface area contributed by atoms with Gasteiger partial charge < -0.3 is 15.0 Å². The van der Waals surface area contributed by atoms with Gasteiger partial charge in [0.25, 0.3) is 0 Å². The van der Waals surface area contributed by atoms with Crippen LogP contribution in [-0.4, -0.2) is 32.8 Å². The van der Waals surface area contributed by atoms with E-state index in [1.807, 2.05) is 0 Å². The second-order valence-electron chi connectivity index (χ2n) is 5.01. The normalized spacial score (nSPS) is 16.6. The maximum absolute atomic E-state index is 5.43. The van der Waals surface area contributed by atoms with Crippen LogP contribution in [0.4, 0.5) is 5.69 Å². The second-order valence-corrected chi connectivity index (χ2v) is 5.86. The smallest absolute Gasteiger partial charge is 0.0485 e. The number of rotatable bonds is 5. The Labute approximate surface area is 124 Å². The summed E-state index contributed by atoms with van der Waals surface area (Å²) in [5.74, 6) is 0. The second kappa shape index (κ2) is 7.27. The van der Waals surface area contributed by atoms with Crippen LogP contribution in [0.3, 0.4) is 0 Å². The summed E-state index contributed by atoms with van der Waals surface area (Å²) in [7, 11) is 2.18. The van der Waals surface area contributed by atoms with Gasteiger partial charge in [-0.05, 0) is 37.1 Å². The minimum atomic E-state index is 0.597. The maximum Gasteiger partial charge on any atom is 0.0485 e.